The third kappa shape index (κ3) is 5.86. The lowest BCUT2D eigenvalue weighted by Gasteiger charge is -2.13. The zero-order valence-electron chi connectivity index (χ0n) is 18.7. The molecule has 166 valence electrons. The van der Waals surface area contributed by atoms with Gasteiger partial charge >= 0.3 is 0 Å². The van der Waals surface area contributed by atoms with Crippen LogP contribution in [0.15, 0.2) is 42.6 Å². The van der Waals surface area contributed by atoms with E-state index >= 15 is 0 Å². The third-order valence-electron chi connectivity index (χ3n) is 4.66. The molecule has 0 atom stereocenters. The van der Waals surface area contributed by atoms with Crippen LogP contribution in [0, 0.1) is 0 Å². The van der Waals surface area contributed by atoms with Gasteiger partial charge in [0.1, 0.15) is 0 Å². The molecule has 31 heavy (non-hydrogen) atoms. The lowest BCUT2D eigenvalue weighted by atomic mass is 10.1. The van der Waals surface area contributed by atoms with E-state index in [0.29, 0.717) is 29.2 Å². The highest BCUT2D eigenvalue weighted by Gasteiger charge is 2.17. The van der Waals surface area contributed by atoms with Crippen LogP contribution < -0.4 is 19.5 Å². The van der Waals surface area contributed by atoms with E-state index in [2.05, 4.69) is 10.3 Å². The van der Waals surface area contributed by atoms with Gasteiger partial charge in [-0.2, -0.15) is 0 Å². The van der Waals surface area contributed by atoms with Crippen LogP contribution in [0.1, 0.15) is 29.8 Å². The van der Waals surface area contributed by atoms with Gasteiger partial charge in [0.25, 0.3) is 0 Å². The van der Waals surface area contributed by atoms with Gasteiger partial charge in [0, 0.05) is 29.1 Å². The van der Waals surface area contributed by atoms with Crippen LogP contribution in [0.25, 0.3) is 10.9 Å². The maximum absolute atomic E-state index is 12.5. The van der Waals surface area contributed by atoms with Crippen molar-refractivity contribution in [3.63, 3.8) is 0 Å². The molecule has 0 aliphatic rings. The molecule has 2 aromatic carbocycles. The van der Waals surface area contributed by atoms with E-state index in [1.54, 1.807) is 12.1 Å². The minimum Gasteiger partial charge on any atom is -0.493 e. The number of ketones is 2. The molecule has 0 spiro atoms. The van der Waals surface area contributed by atoms with Crippen molar-refractivity contribution in [3.05, 3.63) is 53.7 Å². The van der Waals surface area contributed by atoms with Crippen molar-refractivity contribution < 1.29 is 23.8 Å². The van der Waals surface area contributed by atoms with Crippen LogP contribution in [-0.4, -0.2) is 51.0 Å². The number of carbonyl (C=O) groups excluding carboxylic acids is 2. The van der Waals surface area contributed by atoms with E-state index in [1.165, 1.54) is 21.3 Å². The number of nitrogens with one attached hydrogen (secondary N) is 2. The van der Waals surface area contributed by atoms with Gasteiger partial charge in [-0.1, -0.05) is 32.0 Å². The first-order valence-corrected chi connectivity index (χ1v) is 10.2. The predicted octanol–water partition coefficient (Wildman–Crippen LogP) is 3.80. The second kappa shape index (κ2) is 11.8. The van der Waals surface area contributed by atoms with Gasteiger partial charge in [0.05, 0.1) is 34.4 Å². The molecule has 0 bridgehead atoms. The van der Waals surface area contributed by atoms with Crippen molar-refractivity contribution in [2.45, 2.75) is 20.3 Å². The maximum Gasteiger partial charge on any atom is 0.203 e. The van der Waals surface area contributed by atoms with Crippen LogP contribution in [0.3, 0.4) is 0 Å². The molecule has 3 aromatic rings. The SMILES string of the molecule is CC.COc1cc(C(=O)CNCC(=O)Cc2c[nH]c3ccccc23)cc(OC)c1OC. The van der Waals surface area contributed by atoms with Gasteiger partial charge < -0.3 is 24.5 Å². The summed E-state index contributed by atoms with van der Waals surface area (Å²) in [4.78, 5) is 28.0. The molecule has 0 saturated carbocycles. The summed E-state index contributed by atoms with van der Waals surface area (Å²) in [7, 11) is 4.49. The maximum atomic E-state index is 12.5. The number of benzene rings is 2. The number of H-pyrrole nitrogens is 1. The molecule has 0 aliphatic carbocycles. The molecule has 3 rings (SSSR count). The zero-order valence-corrected chi connectivity index (χ0v) is 18.7. The number of aromatic amines is 1. The Bertz CT molecular complexity index is 1000. The van der Waals surface area contributed by atoms with Gasteiger partial charge in [-0.3, -0.25) is 9.59 Å². The number of hydrogen-bond donors (Lipinski definition) is 2. The van der Waals surface area contributed by atoms with Crippen LogP contribution in [0.2, 0.25) is 0 Å². The van der Waals surface area contributed by atoms with E-state index in [9.17, 15) is 9.59 Å². The smallest absolute Gasteiger partial charge is 0.203 e. The topological polar surface area (TPSA) is 89.7 Å². The van der Waals surface area contributed by atoms with Crippen molar-refractivity contribution in [1.82, 2.24) is 10.3 Å². The summed E-state index contributed by atoms with van der Waals surface area (Å²) in [6.07, 6.45) is 2.15. The van der Waals surface area contributed by atoms with Crippen molar-refractivity contribution >= 4 is 22.5 Å². The summed E-state index contributed by atoms with van der Waals surface area (Å²) in [6.45, 7) is 4.13. The first-order valence-electron chi connectivity index (χ1n) is 10.2. The molecule has 0 radical (unpaired) electrons. The van der Waals surface area contributed by atoms with Gasteiger partial charge in [-0.15, -0.1) is 0 Å². The molecule has 0 saturated heterocycles. The number of para-hydroxylation sites is 1. The Hall–Kier alpha value is -3.32. The minimum atomic E-state index is -0.177. The Labute approximate surface area is 182 Å². The highest BCUT2D eigenvalue weighted by Crippen LogP contribution is 2.38. The standard InChI is InChI=1S/C22H24N2O5.C2H6/c1-27-20-9-14(10-21(28-2)22(20)29-3)19(26)13-23-12-16(25)8-15-11-24-18-7-5-4-6-17(15)18;1-2/h4-7,9-11,23-24H,8,12-13H2,1-3H3;1-2H3. The first-order chi connectivity index (χ1) is 15.1. The molecule has 0 unspecified atom stereocenters. The van der Waals surface area contributed by atoms with Gasteiger partial charge in [0.15, 0.2) is 23.1 Å². The predicted molar refractivity (Wildman–Crippen MR) is 122 cm³/mol. The van der Waals surface area contributed by atoms with E-state index in [0.717, 1.165) is 16.5 Å². The lowest BCUT2D eigenvalue weighted by molar-refractivity contribution is -0.117. The van der Waals surface area contributed by atoms with Gasteiger partial charge in [0.2, 0.25) is 5.75 Å². The zero-order chi connectivity index (χ0) is 22.8. The average molecular weight is 427 g/mol. The van der Waals surface area contributed by atoms with Crippen LogP contribution in [0.5, 0.6) is 17.2 Å². The quantitative estimate of drug-likeness (QED) is 0.479. The fourth-order valence-electron chi connectivity index (χ4n) is 3.21. The number of rotatable bonds is 10. The molecule has 7 heteroatoms. The summed E-state index contributed by atoms with van der Waals surface area (Å²) in [5.41, 5.74) is 2.36. The largest absolute Gasteiger partial charge is 0.493 e. The second-order valence-electron chi connectivity index (χ2n) is 6.52. The highest BCUT2D eigenvalue weighted by atomic mass is 16.5. The Kier molecular flexibility index (Phi) is 9.09. The summed E-state index contributed by atoms with van der Waals surface area (Å²) in [5.74, 6) is 1.07. The number of hydrogen-bond acceptors (Lipinski definition) is 6. The van der Waals surface area contributed by atoms with Crippen molar-refractivity contribution in [2.24, 2.45) is 0 Å². The van der Waals surface area contributed by atoms with Crippen LogP contribution in [0.4, 0.5) is 0 Å². The Morgan fingerprint density at radius 3 is 2.19 bits per heavy atom. The normalized spacial score (nSPS) is 10.2. The molecular weight excluding hydrogens is 396 g/mol. The van der Waals surface area contributed by atoms with Crippen LogP contribution in [-0.2, 0) is 11.2 Å². The number of fused-ring (bicyclic) bond motifs is 1. The first kappa shape index (κ1) is 24.0. The summed E-state index contributed by atoms with van der Waals surface area (Å²) >= 11 is 0. The summed E-state index contributed by atoms with van der Waals surface area (Å²) in [5, 5.41) is 3.96. The molecule has 0 fully saturated rings. The summed E-state index contributed by atoms with van der Waals surface area (Å²) in [6, 6.07) is 11.0. The second-order valence-corrected chi connectivity index (χ2v) is 6.52. The third-order valence-corrected chi connectivity index (χ3v) is 4.66. The summed E-state index contributed by atoms with van der Waals surface area (Å²) < 4.78 is 15.8. The number of aromatic nitrogens is 1. The fraction of sp³-hybridized carbons (Fsp3) is 0.333. The number of ether oxygens (including phenoxy) is 3. The molecule has 1 aromatic heterocycles. The molecular formula is C24H30N2O5. The number of methoxy groups -OCH3 is 3. The van der Waals surface area contributed by atoms with Crippen molar-refractivity contribution in [2.75, 3.05) is 34.4 Å². The average Bonchev–Trinajstić information content (AvgIpc) is 3.21. The van der Waals surface area contributed by atoms with E-state index in [-0.39, 0.29) is 24.7 Å². The Balaban J connectivity index is 0.00000166. The van der Waals surface area contributed by atoms with Crippen molar-refractivity contribution in [3.8, 4) is 17.2 Å². The van der Waals surface area contributed by atoms with E-state index in [4.69, 9.17) is 14.2 Å². The van der Waals surface area contributed by atoms with E-state index < -0.39 is 0 Å². The number of carbonyl (C=O) groups is 2. The Morgan fingerprint density at radius 2 is 1.58 bits per heavy atom. The molecule has 0 amide bonds. The molecule has 7 nitrogen and oxygen atoms in total. The monoisotopic (exact) mass is 426 g/mol. The Morgan fingerprint density at radius 1 is 0.935 bits per heavy atom. The molecule has 2 N–H and O–H groups in total. The van der Waals surface area contributed by atoms with Gasteiger partial charge in [-0.05, 0) is 23.8 Å². The molecule has 1 heterocycles. The van der Waals surface area contributed by atoms with E-state index in [1.807, 2.05) is 44.3 Å². The minimum absolute atomic E-state index is 0.00689. The van der Waals surface area contributed by atoms with Crippen molar-refractivity contribution in [1.29, 1.82) is 0 Å². The van der Waals surface area contributed by atoms with Crippen LogP contribution >= 0.6 is 0 Å². The highest BCUT2D eigenvalue weighted by molar-refractivity contribution is 5.99. The molecule has 0 aliphatic heterocycles. The number of Topliss-reactive ketones (excluding diaryl/α,β-unsaturated/α-hetero) is 2. The lowest BCUT2D eigenvalue weighted by Crippen LogP contribution is -2.29. The van der Waals surface area contributed by atoms with Gasteiger partial charge in [-0.25, -0.2) is 0 Å². The fourth-order valence-corrected chi connectivity index (χ4v) is 3.21.